The van der Waals surface area contributed by atoms with E-state index in [-0.39, 0.29) is 0 Å². The highest BCUT2D eigenvalue weighted by Gasteiger charge is 1.97. The van der Waals surface area contributed by atoms with Gasteiger partial charge in [-0.05, 0) is 18.2 Å². The predicted molar refractivity (Wildman–Crippen MR) is 40.4 cm³/mol. The number of nitrogens with one attached hydrogen (secondary N) is 1. The summed E-state index contributed by atoms with van der Waals surface area (Å²) in [4.78, 5) is 0. The van der Waals surface area contributed by atoms with Crippen LogP contribution in [0.5, 0.6) is 0 Å². The Morgan fingerprint density at radius 2 is 2.27 bits per heavy atom. The first kappa shape index (κ1) is 7.22. The van der Waals surface area contributed by atoms with E-state index in [9.17, 15) is 0 Å². The first-order valence-electron chi connectivity index (χ1n) is 2.95. The van der Waals surface area contributed by atoms with Crippen molar-refractivity contribution in [2.24, 2.45) is 5.11 Å². The van der Waals surface area contributed by atoms with Crippen LogP contribution in [0, 0.1) is 16.9 Å². The van der Waals surface area contributed by atoms with Crippen molar-refractivity contribution in [1.82, 2.24) is 0 Å². The smallest absolute Gasteiger partial charge is 0.109 e. The fourth-order valence-corrected chi connectivity index (χ4v) is 0.710. The molecule has 1 aromatic rings. The Balaban J connectivity index is 3.25. The molecule has 0 heterocycles. The quantitative estimate of drug-likeness (QED) is 0.467. The molecule has 0 radical (unpaired) electrons. The van der Waals surface area contributed by atoms with Gasteiger partial charge in [-0.2, -0.15) is 10.4 Å². The second-order valence-corrected chi connectivity index (χ2v) is 2.00. The van der Waals surface area contributed by atoms with E-state index < -0.39 is 0 Å². The monoisotopic (exact) mass is 146 g/mol. The van der Waals surface area contributed by atoms with Gasteiger partial charge in [-0.15, -0.1) is 0 Å². The van der Waals surface area contributed by atoms with Crippen molar-refractivity contribution in [1.29, 1.82) is 10.8 Å². The van der Waals surface area contributed by atoms with Crippen LogP contribution in [0.4, 0.5) is 11.4 Å². The summed E-state index contributed by atoms with van der Waals surface area (Å²) in [6.07, 6.45) is 0. The molecule has 0 saturated carbocycles. The number of anilines is 1. The van der Waals surface area contributed by atoms with Crippen molar-refractivity contribution in [3.05, 3.63) is 23.8 Å². The van der Waals surface area contributed by atoms with E-state index in [1.165, 1.54) is 6.07 Å². The Hall–Kier alpha value is -1.89. The minimum Gasteiger partial charge on any atom is -0.397 e. The lowest BCUT2D eigenvalue weighted by molar-refractivity contribution is 1.15. The van der Waals surface area contributed by atoms with E-state index >= 15 is 0 Å². The molecule has 0 aromatic heterocycles. The van der Waals surface area contributed by atoms with Gasteiger partial charge in [-0.25, -0.2) is 5.53 Å². The van der Waals surface area contributed by atoms with Gasteiger partial charge in [0.25, 0.3) is 0 Å². The SMILES string of the molecule is N#Cc1ccc(N)c(N=N)c1. The maximum atomic E-state index is 8.45. The number of nitrogen functional groups attached to an aromatic ring is 1. The molecule has 1 aromatic carbocycles. The molecule has 0 unspecified atom stereocenters. The van der Waals surface area contributed by atoms with Crippen LogP contribution in [-0.4, -0.2) is 0 Å². The topological polar surface area (TPSA) is 86.0 Å². The predicted octanol–water partition coefficient (Wildman–Crippen LogP) is 1.80. The molecular weight excluding hydrogens is 140 g/mol. The van der Waals surface area contributed by atoms with Gasteiger partial charge in [0.2, 0.25) is 0 Å². The number of rotatable bonds is 1. The van der Waals surface area contributed by atoms with Crippen LogP contribution < -0.4 is 5.73 Å². The van der Waals surface area contributed by atoms with Crippen molar-refractivity contribution < 1.29 is 0 Å². The minimum atomic E-state index is 0.337. The molecule has 4 heteroatoms. The van der Waals surface area contributed by atoms with Gasteiger partial charge in [0.15, 0.2) is 0 Å². The molecular formula is C7H6N4. The average molecular weight is 146 g/mol. The molecule has 54 valence electrons. The summed E-state index contributed by atoms with van der Waals surface area (Å²) < 4.78 is 0. The van der Waals surface area contributed by atoms with E-state index in [4.69, 9.17) is 16.5 Å². The summed E-state index contributed by atoms with van der Waals surface area (Å²) in [5.74, 6) is 0. The van der Waals surface area contributed by atoms with Crippen LogP contribution in [0.3, 0.4) is 0 Å². The highest BCUT2D eigenvalue weighted by Crippen LogP contribution is 2.21. The fraction of sp³-hybridized carbons (Fsp3) is 0. The summed E-state index contributed by atoms with van der Waals surface area (Å²) in [6.45, 7) is 0. The second-order valence-electron chi connectivity index (χ2n) is 2.00. The van der Waals surface area contributed by atoms with E-state index in [0.29, 0.717) is 16.9 Å². The third-order valence-corrected chi connectivity index (χ3v) is 1.28. The van der Waals surface area contributed by atoms with Gasteiger partial charge < -0.3 is 5.73 Å². The molecule has 0 aliphatic heterocycles. The van der Waals surface area contributed by atoms with Gasteiger partial charge in [0.05, 0.1) is 17.3 Å². The number of nitrogens with two attached hydrogens (primary N) is 1. The summed E-state index contributed by atoms with van der Waals surface area (Å²) >= 11 is 0. The summed E-state index contributed by atoms with van der Waals surface area (Å²) in [5.41, 5.74) is 13.3. The van der Waals surface area contributed by atoms with Crippen LogP contribution >= 0.6 is 0 Å². The van der Waals surface area contributed by atoms with Gasteiger partial charge in [0.1, 0.15) is 5.69 Å². The van der Waals surface area contributed by atoms with E-state index in [1.54, 1.807) is 12.1 Å². The largest absolute Gasteiger partial charge is 0.397 e. The molecule has 0 atom stereocenters. The number of nitrogens with zero attached hydrogens (tertiary/aromatic N) is 2. The number of hydrogen-bond donors (Lipinski definition) is 2. The molecule has 3 N–H and O–H groups in total. The molecule has 0 fully saturated rings. The van der Waals surface area contributed by atoms with Crippen LogP contribution in [-0.2, 0) is 0 Å². The first-order chi connectivity index (χ1) is 5.27. The Bertz CT molecular complexity index is 324. The zero-order valence-electron chi connectivity index (χ0n) is 5.70. The maximum absolute atomic E-state index is 8.45. The lowest BCUT2D eigenvalue weighted by Gasteiger charge is -1.96. The first-order valence-corrected chi connectivity index (χ1v) is 2.95. The summed E-state index contributed by atoms with van der Waals surface area (Å²) in [7, 11) is 0. The van der Waals surface area contributed by atoms with Crippen molar-refractivity contribution in [3.63, 3.8) is 0 Å². The molecule has 11 heavy (non-hydrogen) atoms. The van der Waals surface area contributed by atoms with Crippen LogP contribution in [0.2, 0.25) is 0 Å². The maximum Gasteiger partial charge on any atom is 0.109 e. The third-order valence-electron chi connectivity index (χ3n) is 1.28. The van der Waals surface area contributed by atoms with Crippen molar-refractivity contribution >= 4 is 11.4 Å². The average Bonchev–Trinajstić information content (AvgIpc) is 2.05. The standard InChI is InChI=1S/C7H6N4/c8-4-5-1-2-6(9)7(3-5)11-10/h1-3,10H,9H2. The normalized spacial score (nSPS) is 8.64. The second kappa shape index (κ2) is 2.80. The minimum absolute atomic E-state index is 0.337. The van der Waals surface area contributed by atoms with Gasteiger partial charge in [0, 0.05) is 0 Å². The number of hydrogen-bond acceptors (Lipinski definition) is 4. The lowest BCUT2D eigenvalue weighted by Crippen LogP contribution is -1.85. The van der Waals surface area contributed by atoms with Crippen molar-refractivity contribution in [2.75, 3.05) is 5.73 Å². The Morgan fingerprint density at radius 3 is 2.82 bits per heavy atom. The zero-order chi connectivity index (χ0) is 8.27. The molecule has 0 spiro atoms. The molecule has 1 rings (SSSR count). The Labute approximate surface area is 63.8 Å². The molecule has 4 nitrogen and oxygen atoms in total. The zero-order valence-corrected chi connectivity index (χ0v) is 5.70. The molecule has 0 aliphatic rings. The van der Waals surface area contributed by atoms with E-state index in [1.807, 2.05) is 6.07 Å². The third kappa shape index (κ3) is 1.33. The van der Waals surface area contributed by atoms with Crippen LogP contribution in [0.15, 0.2) is 23.3 Å². The van der Waals surface area contributed by atoms with Crippen molar-refractivity contribution in [3.8, 4) is 6.07 Å². The molecule has 0 saturated heterocycles. The van der Waals surface area contributed by atoms with Crippen LogP contribution in [0.1, 0.15) is 5.56 Å². The van der Waals surface area contributed by atoms with Gasteiger partial charge >= 0.3 is 0 Å². The number of nitriles is 1. The summed E-state index contributed by atoms with van der Waals surface area (Å²) in [6, 6.07) is 6.55. The van der Waals surface area contributed by atoms with E-state index in [0.717, 1.165) is 0 Å². The molecule has 0 amide bonds. The molecule has 0 bridgehead atoms. The highest BCUT2D eigenvalue weighted by molar-refractivity contribution is 5.64. The van der Waals surface area contributed by atoms with Crippen LogP contribution in [0.25, 0.3) is 0 Å². The molecule has 0 aliphatic carbocycles. The van der Waals surface area contributed by atoms with Gasteiger partial charge in [-0.3, -0.25) is 0 Å². The van der Waals surface area contributed by atoms with E-state index in [2.05, 4.69) is 5.11 Å². The Morgan fingerprint density at radius 1 is 1.55 bits per heavy atom. The highest BCUT2D eigenvalue weighted by atomic mass is 15.0. The summed E-state index contributed by atoms with van der Waals surface area (Å²) in [5, 5.41) is 11.6. The fourth-order valence-electron chi connectivity index (χ4n) is 0.710. The lowest BCUT2D eigenvalue weighted by atomic mass is 10.2. The van der Waals surface area contributed by atoms with Crippen molar-refractivity contribution in [2.45, 2.75) is 0 Å². The van der Waals surface area contributed by atoms with Gasteiger partial charge in [-0.1, -0.05) is 0 Å². The Kier molecular flexibility index (Phi) is 1.83. The number of benzene rings is 1.